The maximum absolute atomic E-state index is 13.7. The van der Waals surface area contributed by atoms with Gasteiger partial charge in [0.1, 0.15) is 23.7 Å². The molecule has 59 heavy (non-hydrogen) atoms. The minimum atomic E-state index is -0.694. The van der Waals surface area contributed by atoms with Crippen molar-refractivity contribution in [3.63, 3.8) is 0 Å². The molecule has 14 heteroatoms. The Kier molecular flexibility index (Phi) is 12.2. The van der Waals surface area contributed by atoms with Gasteiger partial charge in [-0.05, 0) is 97.1 Å². The van der Waals surface area contributed by atoms with E-state index in [0.717, 1.165) is 83.5 Å². The van der Waals surface area contributed by atoms with Crippen LogP contribution < -0.4 is 21.1 Å². The average molecular weight is 805 g/mol. The predicted octanol–water partition coefficient (Wildman–Crippen LogP) is 5.50. The number of amides is 4. The first-order chi connectivity index (χ1) is 28.4. The lowest BCUT2D eigenvalue weighted by molar-refractivity contribution is -0.136. The van der Waals surface area contributed by atoms with Crippen LogP contribution in [0.5, 0.6) is 0 Å². The molecular formula is C45H56N8O6. The third-order valence-corrected chi connectivity index (χ3v) is 12.0. The number of aryl methyl sites for hydroxylation is 1. The summed E-state index contributed by atoms with van der Waals surface area (Å²) in [5, 5.41) is 7.74. The number of methoxy groups -OCH3 is 2. The molecule has 0 bridgehead atoms. The van der Waals surface area contributed by atoms with Crippen LogP contribution in [0, 0.1) is 11.8 Å². The smallest absolute Gasteiger partial charge is 0.407 e. The number of aromatic amines is 2. The number of H-pyrrole nitrogens is 2. The Balaban J connectivity index is 1.12. The first-order valence-electron chi connectivity index (χ1n) is 20.7. The summed E-state index contributed by atoms with van der Waals surface area (Å²) < 4.78 is 9.58. The molecule has 4 unspecified atom stereocenters. The zero-order valence-corrected chi connectivity index (χ0v) is 35.1. The molecule has 2 saturated heterocycles. The molecular weight excluding hydrogens is 749 g/mol. The van der Waals surface area contributed by atoms with Crippen LogP contribution in [0.1, 0.15) is 102 Å². The van der Waals surface area contributed by atoms with Gasteiger partial charge < -0.3 is 39.9 Å². The molecule has 2 aromatic heterocycles. The van der Waals surface area contributed by atoms with Gasteiger partial charge in [-0.15, -0.1) is 0 Å². The molecule has 4 heterocycles. The Morgan fingerprint density at radius 3 is 1.75 bits per heavy atom. The molecule has 1 aliphatic carbocycles. The Bertz CT molecular complexity index is 2350. The molecule has 312 valence electrons. The van der Waals surface area contributed by atoms with Crippen molar-refractivity contribution in [2.75, 3.05) is 27.3 Å². The number of aromatic nitrogens is 4. The van der Waals surface area contributed by atoms with E-state index >= 15 is 0 Å². The summed E-state index contributed by atoms with van der Waals surface area (Å²) in [6.07, 6.45) is 9.75. The van der Waals surface area contributed by atoms with Crippen LogP contribution in [0.2, 0.25) is 0 Å². The Morgan fingerprint density at radius 1 is 0.729 bits per heavy atom. The van der Waals surface area contributed by atoms with Crippen LogP contribution in [0.3, 0.4) is 0 Å². The van der Waals surface area contributed by atoms with Crippen LogP contribution >= 0.6 is 0 Å². The number of hydrogen-bond donors (Lipinski definition) is 4. The Hall–Kier alpha value is -5.92. The van der Waals surface area contributed by atoms with Gasteiger partial charge in [-0.3, -0.25) is 9.59 Å². The molecule has 4 atom stereocenters. The maximum Gasteiger partial charge on any atom is 0.407 e. The fourth-order valence-electron chi connectivity index (χ4n) is 8.66. The third-order valence-electron chi connectivity index (χ3n) is 12.0. The van der Waals surface area contributed by atoms with E-state index in [9.17, 15) is 19.2 Å². The van der Waals surface area contributed by atoms with Gasteiger partial charge in [0.2, 0.25) is 11.8 Å². The van der Waals surface area contributed by atoms with Gasteiger partial charge in [-0.2, -0.15) is 0 Å². The lowest BCUT2D eigenvalue weighted by Crippen LogP contribution is -2.51. The minimum Gasteiger partial charge on any atom is -0.453 e. The molecule has 7 rings (SSSR count). The number of hydrogen-bond acceptors (Lipinski definition) is 8. The normalized spacial score (nSPS) is 19.3. The van der Waals surface area contributed by atoms with Gasteiger partial charge >= 0.3 is 12.2 Å². The maximum atomic E-state index is 13.7. The summed E-state index contributed by atoms with van der Waals surface area (Å²) in [4.78, 5) is 71.7. The van der Waals surface area contributed by atoms with Gasteiger partial charge in [-0.1, -0.05) is 57.5 Å². The highest BCUT2D eigenvalue weighted by Gasteiger charge is 2.39. The number of carbonyl (C=O) groups excluding carboxylic acids is 4. The van der Waals surface area contributed by atoms with Gasteiger partial charge in [0.25, 0.3) is 0 Å². The van der Waals surface area contributed by atoms with Crippen molar-refractivity contribution >= 4 is 35.6 Å². The van der Waals surface area contributed by atoms with E-state index in [1.54, 1.807) is 0 Å². The van der Waals surface area contributed by atoms with Gasteiger partial charge in [0, 0.05) is 24.2 Å². The molecule has 3 aliphatic rings. The predicted molar refractivity (Wildman–Crippen MR) is 224 cm³/mol. The average Bonchev–Trinajstić information content (AvgIpc) is 4.07. The second-order valence-corrected chi connectivity index (χ2v) is 16.6. The van der Waals surface area contributed by atoms with E-state index in [2.05, 4.69) is 70.0 Å². The van der Waals surface area contributed by atoms with E-state index in [-0.39, 0.29) is 35.7 Å². The molecule has 2 fully saturated rings. The highest BCUT2D eigenvalue weighted by molar-refractivity contribution is 5.87. The molecule has 2 aliphatic heterocycles. The monoisotopic (exact) mass is 804 g/mol. The lowest BCUT2D eigenvalue weighted by Gasteiger charge is -2.30. The van der Waals surface area contributed by atoms with Gasteiger partial charge in [-0.25, -0.2) is 19.6 Å². The van der Waals surface area contributed by atoms with E-state index < -0.39 is 24.3 Å². The highest BCUT2D eigenvalue weighted by Crippen LogP contribution is 2.35. The van der Waals surface area contributed by atoms with Crippen LogP contribution in [0.4, 0.5) is 9.59 Å². The molecule has 14 nitrogen and oxygen atoms in total. The summed E-state index contributed by atoms with van der Waals surface area (Å²) in [6.45, 7) is 11.0. The lowest BCUT2D eigenvalue weighted by atomic mass is 9.92. The number of imidazole rings is 2. The second-order valence-electron chi connectivity index (χ2n) is 16.6. The number of nitrogens with zero attached hydrogens (tertiary/aromatic N) is 4. The molecule has 0 radical (unpaired) electrons. The number of fused-ring (bicyclic) bond motifs is 2. The van der Waals surface area contributed by atoms with Gasteiger partial charge in [0.15, 0.2) is 0 Å². The van der Waals surface area contributed by atoms with Crippen molar-refractivity contribution in [1.29, 1.82) is 0 Å². The van der Waals surface area contributed by atoms with Crippen molar-refractivity contribution in [2.45, 2.75) is 97.3 Å². The second kappa shape index (κ2) is 17.5. The fourth-order valence-corrected chi connectivity index (χ4v) is 8.66. The van der Waals surface area contributed by atoms with Crippen LogP contribution in [0.25, 0.3) is 34.2 Å². The quantitative estimate of drug-likeness (QED) is 0.163. The number of rotatable bonds is 10. The zero-order valence-electron chi connectivity index (χ0n) is 35.1. The van der Waals surface area contributed by atoms with Crippen LogP contribution in [0.15, 0.2) is 48.8 Å². The number of ether oxygens (including phenoxy) is 2. The molecule has 4 amide bonds. The van der Waals surface area contributed by atoms with E-state index in [4.69, 9.17) is 19.4 Å². The first-order valence-corrected chi connectivity index (χ1v) is 20.7. The Labute approximate surface area is 344 Å². The molecule has 4 N–H and O–H groups in total. The fraction of sp³-hybridized carbons (Fsp3) is 0.467. The zero-order chi connectivity index (χ0) is 42.0. The van der Waals surface area contributed by atoms with Crippen molar-refractivity contribution in [3.05, 3.63) is 82.0 Å². The van der Waals surface area contributed by atoms with Crippen molar-refractivity contribution in [3.8, 4) is 22.5 Å². The summed E-state index contributed by atoms with van der Waals surface area (Å²) in [5.74, 6) is 0.971. The van der Waals surface area contributed by atoms with Crippen LogP contribution in [-0.2, 0) is 25.5 Å². The number of benzene rings is 2. The minimum absolute atomic E-state index is 0.110. The first kappa shape index (κ1) is 41.2. The molecule has 0 spiro atoms. The van der Waals surface area contributed by atoms with Gasteiger partial charge in [0.05, 0.1) is 50.1 Å². The summed E-state index contributed by atoms with van der Waals surface area (Å²) in [7, 11) is 2.59. The number of nitrogens with one attached hydrogen (secondary N) is 4. The van der Waals surface area contributed by atoms with Crippen molar-refractivity contribution < 1.29 is 28.7 Å². The number of carbonyl (C=O) groups is 4. The molecule has 2 aromatic carbocycles. The largest absolute Gasteiger partial charge is 0.453 e. The summed E-state index contributed by atoms with van der Waals surface area (Å²) in [6, 6.07) is 11.2. The van der Waals surface area contributed by atoms with E-state index in [0.29, 0.717) is 13.1 Å². The summed E-state index contributed by atoms with van der Waals surface area (Å²) >= 11 is 0. The third kappa shape index (κ3) is 8.62. The topological polar surface area (TPSA) is 175 Å². The molecule has 0 saturated carbocycles. The summed E-state index contributed by atoms with van der Waals surface area (Å²) in [5.41, 5.74) is 7.48. The van der Waals surface area contributed by atoms with E-state index in [1.165, 1.54) is 30.6 Å². The standard InChI is InChI=1S/C45H56N8O6/c1-25(2)38(50-44(56)58-6)42(54)52-18-8-10-36(52)40-46-23-34(48-40)30-16-14-28-13-12-27(5)33-22-31(17-15-29(33)20-32(28)21-30)35-24-47-41(49-35)37-11-9-19-53(37)43(55)39(26(3)4)51-45(57)59-7/h14-17,20-26,36-39H,8-13,18-19H2,1-7H3,(H,46,48)(H,47,49)(H,50,56)(H,51,57)/b29-20-,33-27?. The number of alkyl carbamates (subject to hydrolysis) is 2. The van der Waals surface area contributed by atoms with Crippen molar-refractivity contribution in [1.82, 2.24) is 40.4 Å². The van der Waals surface area contributed by atoms with Crippen molar-refractivity contribution in [2.24, 2.45) is 11.8 Å². The van der Waals surface area contributed by atoms with Crippen LogP contribution in [-0.4, -0.2) is 93.1 Å². The highest BCUT2D eigenvalue weighted by atomic mass is 16.5. The molecule has 4 aromatic rings. The van der Waals surface area contributed by atoms with E-state index in [1.807, 2.05) is 49.9 Å². The Morgan fingerprint density at radius 2 is 1.24 bits per heavy atom. The number of likely N-dealkylation sites (tertiary alicyclic amines) is 2. The SMILES string of the molecule is COC(=O)NC(C(=O)N1CCCC1c1ncc(-c2ccc3c(c2)/C=c2/ccc(-c4cnc(C5CCCN5C(=O)C(NC(=O)OC)C(C)C)[nH]4)cc2=C(C)CC3)[nH]1)C(C)C.